The quantitative estimate of drug-likeness (QED) is 0.649. The first-order chi connectivity index (χ1) is 6.79. The Morgan fingerprint density at radius 2 is 1.79 bits per heavy atom. The average Bonchev–Trinajstić information content (AvgIpc) is 2.18. The van der Waals surface area contributed by atoms with E-state index in [0.717, 1.165) is 0 Å². The van der Waals surface area contributed by atoms with Crippen LogP contribution in [-0.4, -0.2) is 0 Å². The second kappa shape index (κ2) is 5.85. The van der Waals surface area contributed by atoms with Crippen LogP contribution in [0.3, 0.4) is 0 Å². The maximum atomic E-state index is 2.29. The van der Waals surface area contributed by atoms with E-state index < -0.39 is 0 Å². The summed E-state index contributed by atoms with van der Waals surface area (Å²) < 4.78 is 0. The van der Waals surface area contributed by atoms with E-state index in [9.17, 15) is 0 Å². The fraction of sp³-hybridized carbons (Fsp3) is 0.571. The Kier molecular flexibility index (Phi) is 4.72. The van der Waals surface area contributed by atoms with E-state index in [1.807, 2.05) is 0 Å². The van der Waals surface area contributed by atoms with Gasteiger partial charge in [-0.05, 0) is 42.9 Å². The van der Waals surface area contributed by atoms with Crippen LogP contribution in [0.2, 0.25) is 0 Å². The standard InChI is InChI=1S/C14H22/c1-4-6-11-14-12(3)9-7-10-13(14)8-5-2/h7,9-10H,4-6,8,11H2,1-3H3. The lowest BCUT2D eigenvalue weighted by Gasteiger charge is -2.11. The van der Waals surface area contributed by atoms with E-state index >= 15 is 0 Å². The van der Waals surface area contributed by atoms with Gasteiger partial charge in [0.15, 0.2) is 0 Å². The Morgan fingerprint density at radius 1 is 1.00 bits per heavy atom. The summed E-state index contributed by atoms with van der Waals surface area (Å²) in [5, 5.41) is 0. The van der Waals surface area contributed by atoms with E-state index in [1.54, 1.807) is 11.1 Å². The first-order valence-electron chi connectivity index (χ1n) is 5.87. The molecule has 0 atom stereocenters. The second-order valence-electron chi connectivity index (χ2n) is 4.07. The third-order valence-electron chi connectivity index (χ3n) is 2.81. The summed E-state index contributed by atoms with van der Waals surface area (Å²) in [6.07, 6.45) is 6.36. The Hall–Kier alpha value is -0.780. The first-order valence-corrected chi connectivity index (χ1v) is 5.87. The van der Waals surface area contributed by atoms with Gasteiger partial charge in [-0.3, -0.25) is 0 Å². The molecule has 0 spiro atoms. The number of hydrogen-bond donors (Lipinski definition) is 0. The minimum atomic E-state index is 1.24. The van der Waals surface area contributed by atoms with Crippen molar-refractivity contribution in [2.75, 3.05) is 0 Å². The van der Waals surface area contributed by atoms with Crippen LogP contribution in [0.15, 0.2) is 18.2 Å². The summed E-state index contributed by atoms with van der Waals surface area (Å²) in [6.45, 7) is 6.76. The molecule has 0 heteroatoms. The predicted molar refractivity (Wildman–Crippen MR) is 63.8 cm³/mol. The fourth-order valence-electron chi connectivity index (χ4n) is 1.98. The van der Waals surface area contributed by atoms with Gasteiger partial charge in [0.1, 0.15) is 0 Å². The van der Waals surface area contributed by atoms with Crippen molar-refractivity contribution in [1.29, 1.82) is 0 Å². The molecule has 0 aliphatic carbocycles. The van der Waals surface area contributed by atoms with Gasteiger partial charge in [-0.25, -0.2) is 0 Å². The Labute approximate surface area is 88.4 Å². The number of rotatable bonds is 5. The Balaban J connectivity index is 2.84. The maximum Gasteiger partial charge on any atom is -0.0274 e. The van der Waals surface area contributed by atoms with Crippen LogP contribution in [0, 0.1) is 6.92 Å². The zero-order valence-electron chi connectivity index (χ0n) is 9.77. The fourth-order valence-corrected chi connectivity index (χ4v) is 1.98. The minimum absolute atomic E-state index is 1.24. The van der Waals surface area contributed by atoms with Crippen molar-refractivity contribution in [3.05, 3.63) is 34.9 Å². The molecule has 0 unspecified atom stereocenters. The maximum absolute atomic E-state index is 2.29. The van der Waals surface area contributed by atoms with Crippen LogP contribution < -0.4 is 0 Å². The largest absolute Gasteiger partial charge is 0.0654 e. The Bertz CT molecular complexity index is 273. The molecule has 1 aromatic rings. The molecule has 1 aromatic carbocycles. The van der Waals surface area contributed by atoms with E-state index in [2.05, 4.69) is 39.0 Å². The summed E-state index contributed by atoms with van der Waals surface area (Å²) in [7, 11) is 0. The summed E-state index contributed by atoms with van der Waals surface area (Å²) in [5.74, 6) is 0. The van der Waals surface area contributed by atoms with Gasteiger partial charge in [-0.2, -0.15) is 0 Å². The molecule has 0 aliphatic rings. The topological polar surface area (TPSA) is 0 Å². The lowest BCUT2D eigenvalue weighted by Crippen LogP contribution is -1.97. The molecule has 14 heavy (non-hydrogen) atoms. The van der Waals surface area contributed by atoms with Gasteiger partial charge in [0.2, 0.25) is 0 Å². The molecule has 1 rings (SSSR count). The molecule has 78 valence electrons. The zero-order valence-corrected chi connectivity index (χ0v) is 9.77. The molecule has 0 saturated heterocycles. The van der Waals surface area contributed by atoms with Gasteiger partial charge in [-0.1, -0.05) is 44.9 Å². The smallest absolute Gasteiger partial charge is 0.0274 e. The van der Waals surface area contributed by atoms with Crippen LogP contribution in [0.25, 0.3) is 0 Å². The van der Waals surface area contributed by atoms with Gasteiger partial charge >= 0.3 is 0 Å². The number of unbranched alkanes of at least 4 members (excludes halogenated alkanes) is 1. The molecule has 0 fully saturated rings. The normalized spacial score (nSPS) is 10.5. The molecule has 0 bridgehead atoms. The van der Waals surface area contributed by atoms with E-state index in [1.165, 1.54) is 37.7 Å². The van der Waals surface area contributed by atoms with Gasteiger partial charge < -0.3 is 0 Å². The van der Waals surface area contributed by atoms with Crippen LogP contribution >= 0.6 is 0 Å². The molecular formula is C14H22. The van der Waals surface area contributed by atoms with E-state index in [0.29, 0.717) is 0 Å². The molecule has 0 radical (unpaired) electrons. The Morgan fingerprint density at radius 3 is 2.43 bits per heavy atom. The van der Waals surface area contributed by atoms with Crippen molar-refractivity contribution in [2.24, 2.45) is 0 Å². The van der Waals surface area contributed by atoms with E-state index in [-0.39, 0.29) is 0 Å². The van der Waals surface area contributed by atoms with Crippen molar-refractivity contribution in [2.45, 2.75) is 52.9 Å². The summed E-state index contributed by atoms with van der Waals surface area (Å²) in [6, 6.07) is 6.72. The van der Waals surface area contributed by atoms with Gasteiger partial charge in [-0.15, -0.1) is 0 Å². The predicted octanol–water partition coefficient (Wildman–Crippen LogP) is 4.29. The number of benzene rings is 1. The zero-order chi connectivity index (χ0) is 10.4. The molecule has 0 N–H and O–H groups in total. The van der Waals surface area contributed by atoms with Crippen molar-refractivity contribution < 1.29 is 0 Å². The molecule has 0 saturated carbocycles. The SMILES string of the molecule is CCCCc1c(C)cccc1CCC. The molecule has 0 aliphatic heterocycles. The molecule has 0 aromatic heterocycles. The number of hydrogen-bond acceptors (Lipinski definition) is 0. The average molecular weight is 190 g/mol. The van der Waals surface area contributed by atoms with Crippen molar-refractivity contribution in [1.82, 2.24) is 0 Å². The highest BCUT2D eigenvalue weighted by molar-refractivity contribution is 5.34. The van der Waals surface area contributed by atoms with Crippen LogP contribution in [0.5, 0.6) is 0 Å². The van der Waals surface area contributed by atoms with Crippen molar-refractivity contribution >= 4 is 0 Å². The summed E-state index contributed by atoms with van der Waals surface area (Å²) in [5.41, 5.74) is 4.65. The summed E-state index contributed by atoms with van der Waals surface area (Å²) >= 11 is 0. The van der Waals surface area contributed by atoms with Crippen LogP contribution in [-0.2, 0) is 12.8 Å². The molecule has 0 nitrogen and oxygen atoms in total. The summed E-state index contributed by atoms with van der Waals surface area (Å²) in [4.78, 5) is 0. The second-order valence-corrected chi connectivity index (χ2v) is 4.07. The van der Waals surface area contributed by atoms with Crippen LogP contribution in [0.1, 0.15) is 49.8 Å². The van der Waals surface area contributed by atoms with Gasteiger partial charge in [0.05, 0.1) is 0 Å². The highest BCUT2D eigenvalue weighted by Crippen LogP contribution is 2.18. The third kappa shape index (κ3) is 2.87. The number of aryl methyl sites for hydroxylation is 2. The highest BCUT2D eigenvalue weighted by atomic mass is 14.1. The van der Waals surface area contributed by atoms with Gasteiger partial charge in [0.25, 0.3) is 0 Å². The minimum Gasteiger partial charge on any atom is -0.0654 e. The van der Waals surface area contributed by atoms with Crippen molar-refractivity contribution in [3.8, 4) is 0 Å². The van der Waals surface area contributed by atoms with E-state index in [4.69, 9.17) is 0 Å². The third-order valence-corrected chi connectivity index (χ3v) is 2.81. The first kappa shape index (κ1) is 11.3. The lowest BCUT2D eigenvalue weighted by atomic mass is 9.95. The monoisotopic (exact) mass is 190 g/mol. The van der Waals surface area contributed by atoms with Crippen LogP contribution in [0.4, 0.5) is 0 Å². The highest BCUT2D eigenvalue weighted by Gasteiger charge is 2.03. The lowest BCUT2D eigenvalue weighted by molar-refractivity contribution is 0.776. The molecule has 0 heterocycles. The van der Waals surface area contributed by atoms with Crippen molar-refractivity contribution in [3.63, 3.8) is 0 Å². The molecule has 0 amide bonds. The molecular weight excluding hydrogens is 168 g/mol. The van der Waals surface area contributed by atoms with Gasteiger partial charge in [0, 0.05) is 0 Å².